The third kappa shape index (κ3) is 6.43. The minimum Gasteiger partial charge on any atom is -0.434 e. The molecule has 1 unspecified atom stereocenters. The molecular formula is C10H20O3. The van der Waals surface area contributed by atoms with E-state index < -0.39 is 6.16 Å². The lowest BCUT2D eigenvalue weighted by molar-refractivity contribution is 0.0193. The topological polar surface area (TPSA) is 35.5 Å². The van der Waals surface area contributed by atoms with E-state index in [1.165, 1.54) is 0 Å². The van der Waals surface area contributed by atoms with Crippen molar-refractivity contribution in [2.75, 3.05) is 6.61 Å². The van der Waals surface area contributed by atoms with Crippen molar-refractivity contribution in [1.82, 2.24) is 0 Å². The van der Waals surface area contributed by atoms with Gasteiger partial charge >= 0.3 is 6.16 Å². The highest BCUT2D eigenvalue weighted by Crippen LogP contribution is 2.07. The summed E-state index contributed by atoms with van der Waals surface area (Å²) in [7, 11) is 0. The second kappa shape index (κ2) is 7.90. The number of carbonyl (C=O) groups excluding carboxylic acids is 1. The van der Waals surface area contributed by atoms with Crippen LogP contribution in [-0.2, 0) is 9.47 Å². The first kappa shape index (κ1) is 12.3. The minimum absolute atomic E-state index is 0.0226. The Balaban J connectivity index is 3.60. The first-order valence-electron chi connectivity index (χ1n) is 5.07. The number of hydrogen-bond donors (Lipinski definition) is 0. The van der Waals surface area contributed by atoms with Gasteiger partial charge in [-0.25, -0.2) is 4.79 Å². The molecule has 0 fully saturated rings. The molecule has 0 aliphatic rings. The molecule has 0 aromatic carbocycles. The molecule has 0 aromatic heterocycles. The molecule has 0 aliphatic carbocycles. The van der Waals surface area contributed by atoms with Crippen LogP contribution < -0.4 is 0 Å². The largest absolute Gasteiger partial charge is 0.508 e. The lowest BCUT2D eigenvalue weighted by Crippen LogP contribution is -2.18. The van der Waals surface area contributed by atoms with Crippen LogP contribution in [0.2, 0.25) is 0 Å². The number of carbonyl (C=O) groups is 1. The lowest BCUT2D eigenvalue weighted by Gasteiger charge is -2.14. The maximum atomic E-state index is 11.0. The summed E-state index contributed by atoms with van der Waals surface area (Å²) in [5.41, 5.74) is 0. The Morgan fingerprint density at radius 2 is 1.92 bits per heavy atom. The van der Waals surface area contributed by atoms with Gasteiger partial charge in [-0.1, -0.05) is 27.2 Å². The Bertz CT molecular complexity index is 134. The molecule has 0 rings (SSSR count). The standard InChI is InChI=1S/C10H20O3/c1-4-7-9(6-3)13-10(11)12-8-5-2/h9H,4-8H2,1-3H3. The summed E-state index contributed by atoms with van der Waals surface area (Å²) in [4.78, 5) is 11.0. The third-order valence-corrected chi connectivity index (χ3v) is 1.75. The Labute approximate surface area is 80.4 Å². The van der Waals surface area contributed by atoms with E-state index in [4.69, 9.17) is 9.47 Å². The van der Waals surface area contributed by atoms with Crippen LogP contribution in [0.15, 0.2) is 0 Å². The predicted octanol–water partition coefficient (Wildman–Crippen LogP) is 3.13. The SMILES string of the molecule is CCCOC(=O)OC(CC)CCC. The van der Waals surface area contributed by atoms with Crippen LogP contribution in [0.1, 0.15) is 46.5 Å². The van der Waals surface area contributed by atoms with Crippen LogP contribution in [0.3, 0.4) is 0 Å². The fraction of sp³-hybridized carbons (Fsp3) is 0.900. The van der Waals surface area contributed by atoms with Gasteiger partial charge in [0.2, 0.25) is 0 Å². The van der Waals surface area contributed by atoms with Crippen LogP contribution in [0, 0.1) is 0 Å². The Kier molecular flexibility index (Phi) is 7.45. The smallest absolute Gasteiger partial charge is 0.434 e. The third-order valence-electron chi connectivity index (χ3n) is 1.75. The van der Waals surface area contributed by atoms with Crippen molar-refractivity contribution in [2.45, 2.75) is 52.6 Å². The molecule has 1 atom stereocenters. The maximum Gasteiger partial charge on any atom is 0.508 e. The van der Waals surface area contributed by atoms with Gasteiger partial charge in [-0.2, -0.15) is 0 Å². The molecule has 78 valence electrons. The molecule has 0 bridgehead atoms. The molecule has 0 N–H and O–H groups in total. The van der Waals surface area contributed by atoms with E-state index in [9.17, 15) is 4.79 Å². The van der Waals surface area contributed by atoms with Gasteiger partial charge in [-0.05, 0) is 19.3 Å². The molecule has 0 spiro atoms. The zero-order valence-electron chi connectivity index (χ0n) is 8.84. The van der Waals surface area contributed by atoms with Crippen molar-refractivity contribution in [3.63, 3.8) is 0 Å². The van der Waals surface area contributed by atoms with Gasteiger partial charge in [-0.3, -0.25) is 0 Å². The Morgan fingerprint density at radius 3 is 2.38 bits per heavy atom. The average Bonchev–Trinajstić information content (AvgIpc) is 2.14. The molecule has 0 heterocycles. The highest BCUT2D eigenvalue weighted by Gasteiger charge is 2.11. The van der Waals surface area contributed by atoms with E-state index in [0.29, 0.717) is 6.61 Å². The van der Waals surface area contributed by atoms with E-state index in [2.05, 4.69) is 6.92 Å². The van der Waals surface area contributed by atoms with Gasteiger partial charge < -0.3 is 9.47 Å². The summed E-state index contributed by atoms with van der Waals surface area (Å²) in [6.45, 7) is 6.48. The summed E-state index contributed by atoms with van der Waals surface area (Å²) in [6.07, 6.45) is 3.13. The van der Waals surface area contributed by atoms with Crippen molar-refractivity contribution < 1.29 is 14.3 Å². The molecule has 0 amide bonds. The van der Waals surface area contributed by atoms with Crippen molar-refractivity contribution in [1.29, 1.82) is 0 Å². The van der Waals surface area contributed by atoms with E-state index in [1.807, 2.05) is 13.8 Å². The first-order chi connectivity index (χ1) is 6.24. The quantitative estimate of drug-likeness (QED) is 0.601. The second-order valence-electron chi connectivity index (χ2n) is 3.04. The summed E-state index contributed by atoms with van der Waals surface area (Å²) in [5, 5.41) is 0. The fourth-order valence-electron chi connectivity index (χ4n) is 1.02. The molecule has 0 saturated carbocycles. The van der Waals surface area contributed by atoms with Gasteiger partial charge in [0.1, 0.15) is 6.10 Å². The Morgan fingerprint density at radius 1 is 1.23 bits per heavy atom. The Hall–Kier alpha value is -0.730. The summed E-state index contributed by atoms with van der Waals surface area (Å²) < 4.78 is 9.89. The normalized spacial score (nSPS) is 12.2. The van der Waals surface area contributed by atoms with Crippen LogP contribution in [0.25, 0.3) is 0 Å². The van der Waals surface area contributed by atoms with Crippen LogP contribution >= 0.6 is 0 Å². The average molecular weight is 188 g/mol. The molecule has 3 heteroatoms. The molecule has 0 aliphatic heterocycles. The first-order valence-corrected chi connectivity index (χ1v) is 5.07. The summed E-state index contributed by atoms with van der Waals surface area (Å²) >= 11 is 0. The van der Waals surface area contributed by atoms with E-state index in [1.54, 1.807) is 0 Å². The monoisotopic (exact) mass is 188 g/mol. The van der Waals surface area contributed by atoms with Crippen molar-refractivity contribution >= 4 is 6.16 Å². The highest BCUT2D eigenvalue weighted by molar-refractivity contribution is 5.60. The molecular weight excluding hydrogens is 168 g/mol. The summed E-state index contributed by atoms with van der Waals surface area (Å²) in [6, 6.07) is 0. The van der Waals surface area contributed by atoms with Crippen molar-refractivity contribution in [3.05, 3.63) is 0 Å². The van der Waals surface area contributed by atoms with E-state index in [0.717, 1.165) is 25.7 Å². The zero-order valence-corrected chi connectivity index (χ0v) is 8.84. The van der Waals surface area contributed by atoms with Crippen LogP contribution in [0.5, 0.6) is 0 Å². The van der Waals surface area contributed by atoms with Crippen molar-refractivity contribution in [2.24, 2.45) is 0 Å². The number of ether oxygens (including phenoxy) is 2. The van der Waals surface area contributed by atoms with Gasteiger partial charge in [0.15, 0.2) is 0 Å². The summed E-state index contributed by atoms with van der Waals surface area (Å²) in [5.74, 6) is 0. The molecule has 13 heavy (non-hydrogen) atoms. The van der Waals surface area contributed by atoms with Crippen LogP contribution in [0.4, 0.5) is 4.79 Å². The molecule has 0 radical (unpaired) electrons. The second-order valence-corrected chi connectivity index (χ2v) is 3.04. The molecule has 3 nitrogen and oxygen atoms in total. The fourth-order valence-corrected chi connectivity index (χ4v) is 1.02. The van der Waals surface area contributed by atoms with E-state index in [-0.39, 0.29) is 6.10 Å². The maximum absolute atomic E-state index is 11.0. The van der Waals surface area contributed by atoms with Crippen molar-refractivity contribution in [3.8, 4) is 0 Å². The predicted molar refractivity (Wildman–Crippen MR) is 51.7 cm³/mol. The van der Waals surface area contributed by atoms with E-state index >= 15 is 0 Å². The zero-order chi connectivity index (χ0) is 10.1. The van der Waals surface area contributed by atoms with Crippen LogP contribution in [-0.4, -0.2) is 18.9 Å². The van der Waals surface area contributed by atoms with Gasteiger partial charge in [-0.15, -0.1) is 0 Å². The lowest BCUT2D eigenvalue weighted by atomic mass is 10.2. The highest BCUT2D eigenvalue weighted by atomic mass is 16.7. The minimum atomic E-state index is -0.526. The van der Waals surface area contributed by atoms with Gasteiger partial charge in [0.05, 0.1) is 6.61 Å². The number of hydrogen-bond acceptors (Lipinski definition) is 3. The van der Waals surface area contributed by atoms with Gasteiger partial charge in [0, 0.05) is 0 Å². The van der Waals surface area contributed by atoms with Gasteiger partial charge in [0.25, 0.3) is 0 Å². The molecule has 0 saturated heterocycles. The molecule has 0 aromatic rings. The number of rotatable bonds is 6.